The van der Waals surface area contributed by atoms with Gasteiger partial charge in [0.2, 0.25) is 0 Å². The van der Waals surface area contributed by atoms with Gasteiger partial charge in [-0.3, -0.25) is 4.90 Å². The van der Waals surface area contributed by atoms with E-state index in [4.69, 9.17) is 9.47 Å². The second kappa shape index (κ2) is 7.58. The molecule has 1 aromatic rings. The van der Waals surface area contributed by atoms with Gasteiger partial charge in [-0.25, -0.2) is 0 Å². The summed E-state index contributed by atoms with van der Waals surface area (Å²) in [6.45, 7) is 9.25. The molecule has 1 heterocycles. The van der Waals surface area contributed by atoms with Crippen LogP contribution in [0.4, 0.5) is 0 Å². The molecule has 1 unspecified atom stereocenters. The molecule has 0 aliphatic carbocycles. The summed E-state index contributed by atoms with van der Waals surface area (Å²) in [4.78, 5) is 2.40. The third kappa shape index (κ3) is 4.68. The largest absolute Gasteiger partial charge is 0.490 e. The summed E-state index contributed by atoms with van der Waals surface area (Å²) >= 11 is 3.42. The Bertz CT molecular complexity index is 465. The number of morpholine rings is 1. The van der Waals surface area contributed by atoms with E-state index in [9.17, 15) is 5.11 Å². The smallest absolute Gasteiger partial charge is 0.125 e. The Morgan fingerprint density at radius 1 is 1.43 bits per heavy atom. The molecule has 0 bridgehead atoms. The molecular formula is C16H24BrNO3. The number of ether oxygens (including phenoxy) is 2. The summed E-state index contributed by atoms with van der Waals surface area (Å²) in [5.74, 6) is 0.721. The van der Waals surface area contributed by atoms with Crippen LogP contribution in [0.3, 0.4) is 0 Å². The number of hydrogen-bond acceptors (Lipinski definition) is 4. The number of halogens is 1. The van der Waals surface area contributed by atoms with Crippen molar-refractivity contribution in [1.29, 1.82) is 0 Å². The molecule has 1 saturated heterocycles. The molecule has 2 atom stereocenters. The van der Waals surface area contributed by atoms with E-state index in [0.29, 0.717) is 12.6 Å². The Morgan fingerprint density at radius 2 is 2.19 bits per heavy atom. The Kier molecular flexibility index (Phi) is 6.05. The molecule has 1 N–H and O–H groups in total. The molecule has 118 valence electrons. The van der Waals surface area contributed by atoms with Crippen LogP contribution in [0.1, 0.15) is 32.4 Å². The first-order valence-corrected chi connectivity index (χ1v) is 8.22. The first-order valence-electron chi connectivity index (χ1n) is 7.43. The van der Waals surface area contributed by atoms with Crippen LogP contribution in [0.5, 0.6) is 5.75 Å². The maximum Gasteiger partial charge on any atom is 0.125 e. The number of nitrogens with zero attached hydrogens (tertiary/aromatic N) is 1. The third-order valence-electron chi connectivity index (χ3n) is 3.75. The van der Waals surface area contributed by atoms with Crippen molar-refractivity contribution in [3.05, 3.63) is 28.2 Å². The molecule has 5 heteroatoms. The quantitative estimate of drug-likeness (QED) is 0.879. The molecule has 0 saturated carbocycles. The average Bonchev–Trinajstić information content (AvgIpc) is 2.46. The van der Waals surface area contributed by atoms with Gasteiger partial charge in [0.05, 0.1) is 12.7 Å². The van der Waals surface area contributed by atoms with Gasteiger partial charge in [-0.1, -0.05) is 15.9 Å². The molecule has 0 amide bonds. The first-order chi connectivity index (χ1) is 9.97. The summed E-state index contributed by atoms with van der Waals surface area (Å²) < 4.78 is 12.6. The van der Waals surface area contributed by atoms with Crippen LogP contribution in [-0.4, -0.2) is 48.5 Å². The summed E-state index contributed by atoms with van der Waals surface area (Å²) in [6.07, 6.45) is -0.483. The van der Waals surface area contributed by atoms with E-state index in [1.54, 1.807) is 6.92 Å². The lowest BCUT2D eigenvalue weighted by Crippen LogP contribution is -2.47. The second-order valence-electron chi connectivity index (χ2n) is 5.75. The maximum atomic E-state index is 9.84. The highest BCUT2D eigenvalue weighted by Gasteiger charge is 2.23. The lowest BCUT2D eigenvalue weighted by atomic mass is 10.1. The fourth-order valence-electron chi connectivity index (χ4n) is 2.47. The minimum Gasteiger partial charge on any atom is -0.490 e. The van der Waals surface area contributed by atoms with Crippen molar-refractivity contribution in [1.82, 2.24) is 4.90 Å². The second-order valence-corrected chi connectivity index (χ2v) is 6.67. The lowest BCUT2D eigenvalue weighted by Gasteiger charge is -2.35. The normalized spacial score (nSPS) is 21.5. The Hall–Kier alpha value is -0.620. The van der Waals surface area contributed by atoms with E-state index in [2.05, 4.69) is 34.7 Å². The van der Waals surface area contributed by atoms with Crippen LogP contribution in [-0.2, 0) is 4.74 Å². The summed E-state index contributed by atoms with van der Waals surface area (Å²) in [6, 6.07) is 6.22. The van der Waals surface area contributed by atoms with Gasteiger partial charge in [-0.05, 0) is 39.0 Å². The summed E-state index contributed by atoms with van der Waals surface area (Å²) in [7, 11) is 0. The zero-order valence-electron chi connectivity index (χ0n) is 12.9. The molecular weight excluding hydrogens is 334 g/mol. The van der Waals surface area contributed by atoms with Crippen LogP contribution < -0.4 is 4.74 Å². The third-order valence-corrected chi connectivity index (χ3v) is 4.24. The first kappa shape index (κ1) is 16.7. The number of hydrogen-bond donors (Lipinski definition) is 1. The number of aliphatic hydroxyl groups is 1. The summed E-state index contributed by atoms with van der Waals surface area (Å²) in [5.41, 5.74) is 0.793. The Labute approximate surface area is 135 Å². The predicted molar refractivity (Wildman–Crippen MR) is 86.7 cm³/mol. The standard InChI is InChI=1S/C16H24BrNO3/c1-11(2)18-6-7-20-14(9-18)10-21-16-5-4-13(17)8-15(16)12(3)19/h4-5,8,11-12,14,19H,6-7,9-10H2,1-3H3/t12-,14?/m0/s1. The fourth-order valence-corrected chi connectivity index (χ4v) is 2.85. The van der Waals surface area contributed by atoms with Crippen molar-refractivity contribution in [3.63, 3.8) is 0 Å². The summed E-state index contributed by atoms with van der Waals surface area (Å²) in [5, 5.41) is 9.84. The van der Waals surface area contributed by atoms with Crippen molar-refractivity contribution < 1.29 is 14.6 Å². The van der Waals surface area contributed by atoms with E-state index < -0.39 is 6.10 Å². The van der Waals surface area contributed by atoms with E-state index in [0.717, 1.165) is 35.5 Å². The zero-order chi connectivity index (χ0) is 15.4. The number of rotatable bonds is 5. The molecule has 1 aliphatic heterocycles. The predicted octanol–water partition coefficient (Wildman–Crippen LogP) is 2.99. The van der Waals surface area contributed by atoms with Crippen LogP contribution >= 0.6 is 15.9 Å². The molecule has 1 fully saturated rings. The van der Waals surface area contributed by atoms with Gasteiger partial charge in [-0.2, -0.15) is 0 Å². The molecule has 0 spiro atoms. The highest BCUT2D eigenvalue weighted by atomic mass is 79.9. The molecule has 2 rings (SSSR count). The topological polar surface area (TPSA) is 41.9 Å². The fraction of sp³-hybridized carbons (Fsp3) is 0.625. The van der Waals surface area contributed by atoms with Gasteiger partial charge in [0, 0.05) is 29.2 Å². The Morgan fingerprint density at radius 3 is 2.86 bits per heavy atom. The van der Waals surface area contributed by atoms with Crippen molar-refractivity contribution in [3.8, 4) is 5.75 Å². The van der Waals surface area contributed by atoms with E-state index in [1.807, 2.05) is 18.2 Å². The van der Waals surface area contributed by atoms with Crippen LogP contribution in [0.2, 0.25) is 0 Å². The average molecular weight is 358 g/mol. The highest BCUT2D eigenvalue weighted by molar-refractivity contribution is 9.10. The van der Waals surface area contributed by atoms with Crippen LogP contribution in [0, 0.1) is 0 Å². The van der Waals surface area contributed by atoms with E-state index >= 15 is 0 Å². The molecule has 1 aliphatic rings. The zero-order valence-corrected chi connectivity index (χ0v) is 14.5. The van der Waals surface area contributed by atoms with Gasteiger partial charge in [0.15, 0.2) is 0 Å². The molecule has 1 aromatic carbocycles. The molecule has 0 radical (unpaired) electrons. The number of aliphatic hydroxyl groups excluding tert-OH is 1. The van der Waals surface area contributed by atoms with E-state index in [-0.39, 0.29) is 6.10 Å². The van der Waals surface area contributed by atoms with Crippen molar-refractivity contribution in [2.24, 2.45) is 0 Å². The lowest BCUT2D eigenvalue weighted by molar-refractivity contribution is -0.0567. The maximum absolute atomic E-state index is 9.84. The van der Waals surface area contributed by atoms with Crippen LogP contribution in [0.25, 0.3) is 0 Å². The monoisotopic (exact) mass is 357 g/mol. The van der Waals surface area contributed by atoms with Gasteiger partial charge >= 0.3 is 0 Å². The van der Waals surface area contributed by atoms with E-state index in [1.165, 1.54) is 0 Å². The minimum absolute atomic E-state index is 0.0756. The van der Waals surface area contributed by atoms with Crippen molar-refractivity contribution in [2.45, 2.75) is 39.0 Å². The van der Waals surface area contributed by atoms with Gasteiger partial charge in [-0.15, -0.1) is 0 Å². The minimum atomic E-state index is -0.558. The highest BCUT2D eigenvalue weighted by Crippen LogP contribution is 2.28. The SMILES string of the molecule is CC(C)N1CCOC(COc2ccc(Br)cc2[C@H](C)O)C1. The van der Waals surface area contributed by atoms with Gasteiger partial charge in [0.1, 0.15) is 18.5 Å². The molecule has 21 heavy (non-hydrogen) atoms. The van der Waals surface area contributed by atoms with Gasteiger partial charge in [0.25, 0.3) is 0 Å². The Balaban J connectivity index is 1.96. The molecule has 4 nitrogen and oxygen atoms in total. The number of benzene rings is 1. The van der Waals surface area contributed by atoms with Crippen molar-refractivity contribution >= 4 is 15.9 Å². The van der Waals surface area contributed by atoms with Gasteiger partial charge < -0.3 is 14.6 Å². The van der Waals surface area contributed by atoms with Crippen molar-refractivity contribution in [2.75, 3.05) is 26.3 Å². The molecule has 0 aromatic heterocycles. The van der Waals surface area contributed by atoms with Crippen LogP contribution in [0.15, 0.2) is 22.7 Å².